The Morgan fingerprint density at radius 3 is 0.829 bits per heavy atom. The first kappa shape index (κ1) is 72.1. The molecule has 0 aliphatic carbocycles. The third kappa shape index (κ3) is 60.9. The molecule has 0 bridgehead atoms. The average molecular weight is 1060 g/mol. The van der Waals surface area contributed by atoms with E-state index < -0.39 is 6.10 Å². The van der Waals surface area contributed by atoms with Gasteiger partial charge in [-0.05, 0) is 128 Å². The summed E-state index contributed by atoms with van der Waals surface area (Å²) in [6.07, 6.45) is 86.5. The Balaban J connectivity index is 4.46. The molecule has 0 spiro atoms. The van der Waals surface area contributed by atoms with Gasteiger partial charge in [0.15, 0.2) is 6.10 Å². The predicted molar refractivity (Wildman–Crippen MR) is 330 cm³/mol. The van der Waals surface area contributed by atoms with Crippen LogP contribution in [0.15, 0.2) is 109 Å². The standard InChI is InChI=1S/C70H118O6/c1-4-7-10-13-16-19-22-25-28-31-34-35-37-39-42-45-48-51-54-57-60-63-69(72)75-66-67(65-74-68(71)62-59-56-53-50-47-44-41-38-33-30-27-24-21-18-15-12-9-6-3)76-70(73)64-61-58-55-52-49-46-43-40-36-32-29-26-23-20-17-14-11-8-5-2/h8,11,17,20-22,24-26,29-31,33-34,36,40,46,49,67H,4-7,9-10,12-16,18-19,23,27-28,32,35,37-39,41-45,47-48,50-66H2,1-3H3/b11-8-,20-17-,24-21-,25-22-,29-26-,33-30-,34-31-,40-36-,49-46-. The van der Waals surface area contributed by atoms with Crippen LogP contribution < -0.4 is 0 Å². The van der Waals surface area contributed by atoms with E-state index in [-0.39, 0.29) is 37.5 Å². The summed E-state index contributed by atoms with van der Waals surface area (Å²) < 4.78 is 16.9. The van der Waals surface area contributed by atoms with E-state index in [1.165, 1.54) is 141 Å². The lowest BCUT2D eigenvalue weighted by molar-refractivity contribution is -0.167. The summed E-state index contributed by atoms with van der Waals surface area (Å²) in [6, 6.07) is 0. The Hall–Kier alpha value is -3.93. The van der Waals surface area contributed by atoms with Crippen LogP contribution in [-0.2, 0) is 28.6 Å². The molecule has 434 valence electrons. The van der Waals surface area contributed by atoms with E-state index >= 15 is 0 Å². The molecule has 6 nitrogen and oxygen atoms in total. The molecule has 0 heterocycles. The van der Waals surface area contributed by atoms with E-state index in [0.717, 1.165) is 116 Å². The second kappa shape index (κ2) is 63.6. The topological polar surface area (TPSA) is 78.9 Å². The van der Waals surface area contributed by atoms with Crippen LogP contribution in [0.1, 0.15) is 297 Å². The molecule has 6 heteroatoms. The van der Waals surface area contributed by atoms with Gasteiger partial charge in [0.05, 0.1) is 0 Å². The smallest absolute Gasteiger partial charge is 0.306 e. The van der Waals surface area contributed by atoms with E-state index in [2.05, 4.69) is 130 Å². The van der Waals surface area contributed by atoms with E-state index in [4.69, 9.17) is 14.2 Å². The maximum Gasteiger partial charge on any atom is 0.306 e. The molecule has 0 amide bonds. The fourth-order valence-electron chi connectivity index (χ4n) is 8.71. The zero-order chi connectivity index (χ0) is 55.0. The summed E-state index contributed by atoms with van der Waals surface area (Å²) >= 11 is 0. The number of esters is 3. The fourth-order valence-corrected chi connectivity index (χ4v) is 8.71. The highest BCUT2D eigenvalue weighted by atomic mass is 16.6. The summed E-state index contributed by atoms with van der Waals surface area (Å²) in [4.78, 5) is 38.3. The summed E-state index contributed by atoms with van der Waals surface area (Å²) in [7, 11) is 0. The summed E-state index contributed by atoms with van der Waals surface area (Å²) in [5.41, 5.74) is 0. The van der Waals surface area contributed by atoms with Crippen molar-refractivity contribution in [1.29, 1.82) is 0 Å². The summed E-state index contributed by atoms with van der Waals surface area (Å²) in [6.45, 7) is 6.48. The lowest BCUT2D eigenvalue weighted by atomic mass is 10.1. The number of allylic oxidation sites excluding steroid dienone is 18. The molecule has 0 saturated heterocycles. The van der Waals surface area contributed by atoms with Crippen molar-refractivity contribution in [1.82, 2.24) is 0 Å². The van der Waals surface area contributed by atoms with Gasteiger partial charge in [0, 0.05) is 19.3 Å². The number of carbonyl (C=O) groups is 3. The van der Waals surface area contributed by atoms with Crippen molar-refractivity contribution in [3.05, 3.63) is 109 Å². The van der Waals surface area contributed by atoms with Crippen molar-refractivity contribution in [3.63, 3.8) is 0 Å². The minimum atomic E-state index is -0.804. The largest absolute Gasteiger partial charge is 0.462 e. The fraction of sp³-hybridized carbons (Fsp3) is 0.700. The normalized spacial score (nSPS) is 12.8. The highest BCUT2D eigenvalue weighted by Crippen LogP contribution is 2.15. The van der Waals surface area contributed by atoms with Crippen LogP contribution in [0, 0.1) is 0 Å². The number of unbranched alkanes of at least 4 members (excludes halogenated alkanes) is 28. The van der Waals surface area contributed by atoms with E-state index in [9.17, 15) is 14.4 Å². The van der Waals surface area contributed by atoms with Crippen LogP contribution in [-0.4, -0.2) is 37.2 Å². The highest BCUT2D eigenvalue weighted by Gasteiger charge is 2.19. The molecule has 0 aliphatic heterocycles. The van der Waals surface area contributed by atoms with Crippen LogP contribution >= 0.6 is 0 Å². The van der Waals surface area contributed by atoms with Crippen molar-refractivity contribution < 1.29 is 28.6 Å². The molecule has 0 aliphatic rings. The number of hydrogen-bond donors (Lipinski definition) is 0. The maximum atomic E-state index is 12.9. The van der Waals surface area contributed by atoms with Crippen LogP contribution in [0.3, 0.4) is 0 Å². The second-order valence-electron chi connectivity index (χ2n) is 20.9. The molecular weight excluding hydrogens is 937 g/mol. The number of ether oxygens (including phenoxy) is 3. The van der Waals surface area contributed by atoms with Gasteiger partial charge >= 0.3 is 17.9 Å². The third-order valence-corrected chi connectivity index (χ3v) is 13.5. The molecule has 0 aromatic carbocycles. The minimum Gasteiger partial charge on any atom is -0.462 e. The molecular formula is C70H118O6. The van der Waals surface area contributed by atoms with Crippen LogP contribution in [0.5, 0.6) is 0 Å². The van der Waals surface area contributed by atoms with Gasteiger partial charge in [-0.1, -0.05) is 259 Å². The van der Waals surface area contributed by atoms with Crippen LogP contribution in [0.2, 0.25) is 0 Å². The first-order chi connectivity index (χ1) is 37.5. The van der Waals surface area contributed by atoms with Gasteiger partial charge in [-0.2, -0.15) is 0 Å². The highest BCUT2D eigenvalue weighted by molar-refractivity contribution is 5.71. The Morgan fingerprint density at radius 1 is 0.276 bits per heavy atom. The Morgan fingerprint density at radius 2 is 0.513 bits per heavy atom. The van der Waals surface area contributed by atoms with Crippen molar-refractivity contribution in [2.24, 2.45) is 0 Å². The minimum absolute atomic E-state index is 0.0972. The molecule has 0 N–H and O–H groups in total. The predicted octanol–water partition coefficient (Wildman–Crippen LogP) is 21.8. The van der Waals surface area contributed by atoms with Gasteiger partial charge in [-0.15, -0.1) is 0 Å². The first-order valence-corrected chi connectivity index (χ1v) is 31.9. The molecule has 0 saturated carbocycles. The zero-order valence-corrected chi connectivity index (χ0v) is 49.7. The molecule has 76 heavy (non-hydrogen) atoms. The number of carbonyl (C=O) groups excluding carboxylic acids is 3. The lowest BCUT2D eigenvalue weighted by Gasteiger charge is -2.18. The maximum absolute atomic E-state index is 12.9. The summed E-state index contributed by atoms with van der Waals surface area (Å²) in [5, 5.41) is 0. The zero-order valence-electron chi connectivity index (χ0n) is 49.7. The van der Waals surface area contributed by atoms with Gasteiger partial charge in [0.25, 0.3) is 0 Å². The molecule has 0 fully saturated rings. The molecule has 0 aromatic heterocycles. The van der Waals surface area contributed by atoms with Crippen molar-refractivity contribution in [2.75, 3.05) is 13.2 Å². The van der Waals surface area contributed by atoms with Crippen LogP contribution in [0.25, 0.3) is 0 Å². The van der Waals surface area contributed by atoms with E-state index in [1.807, 2.05) is 0 Å². The number of rotatable bonds is 57. The Kier molecular flexibility index (Phi) is 60.3. The third-order valence-electron chi connectivity index (χ3n) is 13.5. The lowest BCUT2D eigenvalue weighted by Crippen LogP contribution is -2.30. The van der Waals surface area contributed by atoms with Gasteiger partial charge < -0.3 is 14.2 Å². The second-order valence-corrected chi connectivity index (χ2v) is 20.9. The van der Waals surface area contributed by atoms with Crippen molar-refractivity contribution >= 4 is 17.9 Å². The molecule has 0 aromatic rings. The first-order valence-electron chi connectivity index (χ1n) is 31.9. The van der Waals surface area contributed by atoms with E-state index in [0.29, 0.717) is 12.8 Å². The van der Waals surface area contributed by atoms with Crippen molar-refractivity contribution in [3.8, 4) is 0 Å². The SMILES string of the molecule is CC/C=C\C/C=C\C/C=C\C/C=C\C/C=C\CCCCCC(=O)OC(COC(=O)CCCCCCCCC/C=C\C/C=C\CCCCCC)COC(=O)CCCCCCCCCCC/C=C\C/C=C\CCCCCCC. The van der Waals surface area contributed by atoms with Gasteiger partial charge in [-0.3, -0.25) is 14.4 Å². The van der Waals surface area contributed by atoms with Crippen molar-refractivity contribution in [2.45, 2.75) is 303 Å². The van der Waals surface area contributed by atoms with E-state index in [1.54, 1.807) is 0 Å². The molecule has 0 radical (unpaired) electrons. The van der Waals surface area contributed by atoms with Crippen LogP contribution in [0.4, 0.5) is 0 Å². The molecule has 1 unspecified atom stereocenters. The van der Waals surface area contributed by atoms with Gasteiger partial charge in [0.2, 0.25) is 0 Å². The quantitative estimate of drug-likeness (QED) is 0.0261. The molecule has 0 rings (SSSR count). The van der Waals surface area contributed by atoms with Gasteiger partial charge in [-0.25, -0.2) is 0 Å². The molecule has 1 atom stereocenters. The number of hydrogen-bond acceptors (Lipinski definition) is 6. The van der Waals surface area contributed by atoms with Gasteiger partial charge in [0.1, 0.15) is 13.2 Å². The monoisotopic (exact) mass is 1050 g/mol. The average Bonchev–Trinajstić information content (AvgIpc) is 3.42. The Labute approximate surface area is 470 Å². The Bertz CT molecular complexity index is 1540. The summed E-state index contributed by atoms with van der Waals surface area (Å²) in [5.74, 6) is -0.935.